The number of ether oxygens (including phenoxy) is 3. The highest BCUT2D eigenvalue weighted by Crippen LogP contribution is 2.16. The van der Waals surface area contributed by atoms with Crippen molar-refractivity contribution in [1.82, 2.24) is 0 Å². The first-order valence-electron chi connectivity index (χ1n) is 35.0. The summed E-state index contributed by atoms with van der Waals surface area (Å²) < 4.78 is 16.9. The molecule has 1 unspecified atom stereocenters. The summed E-state index contributed by atoms with van der Waals surface area (Å²) in [4.78, 5) is 38.5. The van der Waals surface area contributed by atoms with Gasteiger partial charge in [0.05, 0.1) is 0 Å². The van der Waals surface area contributed by atoms with E-state index in [1.54, 1.807) is 0 Å². The first-order chi connectivity index (χ1) is 41.0. The van der Waals surface area contributed by atoms with Crippen molar-refractivity contribution >= 4 is 17.9 Å². The van der Waals surface area contributed by atoms with Crippen LogP contribution in [0.15, 0.2) is 122 Å². The number of hydrogen-bond acceptors (Lipinski definition) is 6. The molecule has 0 bridgehead atoms. The lowest BCUT2D eigenvalue weighted by Crippen LogP contribution is -2.30. The topological polar surface area (TPSA) is 78.9 Å². The first kappa shape index (κ1) is 78.8. The van der Waals surface area contributed by atoms with Crippen LogP contribution in [0.4, 0.5) is 0 Å². The van der Waals surface area contributed by atoms with Crippen LogP contribution >= 0.6 is 0 Å². The Labute approximate surface area is 513 Å². The van der Waals surface area contributed by atoms with Crippen molar-refractivity contribution in [3.05, 3.63) is 122 Å². The molecule has 0 amide bonds. The van der Waals surface area contributed by atoms with Gasteiger partial charge in [-0.1, -0.05) is 296 Å². The highest BCUT2D eigenvalue weighted by Gasteiger charge is 2.19. The van der Waals surface area contributed by atoms with Crippen molar-refractivity contribution in [3.8, 4) is 0 Å². The van der Waals surface area contributed by atoms with E-state index in [1.807, 2.05) is 0 Å². The average Bonchev–Trinajstić information content (AvgIpc) is 3.50. The summed E-state index contributed by atoms with van der Waals surface area (Å²) in [6, 6.07) is 0. The summed E-state index contributed by atoms with van der Waals surface area (Å²) in [7, 11) is 0. The molecule has 0 rings (SSSR count). The van der Waals surface area contributed by atoms with E-state index < -0.39 is 6.10 Å². The minimum absolute atomic E-state index is 0.101. The molecule has 0 aromatic carbocycles. The molecule has 6 nitrogen and oxygen atoms in total. The molecule has 0 aliphatic heterocycles. The molecular weight excluding hydrogens is 1020 g/mol. The van der Waals surface area contributed by atoms with Gasteiger partial charge < -0.3 is 14.2 Å². The zero-order chi connectivity index (χ0) is 59.9. The lowest BCUT2D eigenvalue weighted by Gasteiger charge is -2.18. The molecule has 0 aliphatic carbocycles. The minimum Gasteiger partial charge on any atom is -0.462 e. The molecule has 0 heterocycles. The number of allylic oxidation sites excluding steroid dienone is 20. The molecule has 1 atom stereocenters. The van der Waals surface area contributed by atoms with Crippen LogP contribution in [0.2, 0.25) is 0 Å². The maximum Gasteiger partial charge on any atom is 0.306 e. The van der Waals surface area contributed by atoms with E-state index in [0.29, 0.717) is 19.3 Å². The summed E-state index contributed by atoms with van der Waals surface area (Å²) in [5.41, 5.74) is 0. The summed E-state index contributed by atoms with van der Waals surface area (Å²) in [5.74, 6) is -0.949. The smallest absolute Gasteiger partial charge is 0.306 e. The largest absolute Gasteiger partial charge is 0.462 e. The molecule has 0 fully saturated rings. The number of hydrogen-bond donors (Lipinski definition) is 0. The van der Waals surface area contributed by atoms with Crippen molar-refractivity contribution in [2.24, 2.45) is 0 Å². The van der Waals surface area contributed by atoms with E-state index in [9.17, 15) is 14.4 Å². The van der Waals surface area contributed by atoms with E-state index in [2.05, 4.69) is 142 Å². The first-order valence-corrected chi connectivity index (χ1v) is 35.0. The highest BCUT2D eigenvalue weighted by molar-refractivity contribution is 5.71. The van der Waals surface area contributed by atoms with Gasteiger partial charge in [0.2, 0.25) is 0 Å². The predicted molar refractivity (Wildman–Crippen MR) is 362 cm³/mol. The molecule has 0 aliphatic rings. The molecule has 6 heteroatoms. The van der Waals surface area contributed by atoms with Gasteiger partial charge in [0.25, 0.3) is 0 Å². The Hall–Kier alpha value is -4.19. The maximum atomic E-state index is 12.9. The summed E-state index contributed by atoms with van der Waals surface area (Å²) in [6.07, 6.45) is 97.9. The molecule has 0 saturated heterocycles. The monoisotopic (exact) mass is 1150 g/mol. The van der Waals surface area contributed by atoms with Crippen LogP contribution < -0.4 is 0 Å². The predicted octanol–water partition coefficient (Wildman–Crippen LogP) is 24.3. The van der Waals surface area contributed by atoms with Gasteiger partial charge >= 0.3 is 17.9 Å². The van der Waals surface area contributed by atoms with Gasteiger partial charge in [-0.25, -0.2) is 0 Å². The van der Waals surface area contributed by atoms with Crippen LogP contribution in [-0.4, -0.2) is 37.2 Å². The number of esters is 3. The number of carbonyl (C=O) groups is 3. The highest BCUT2D eigenvalue weighted by atomic mass is 16.6. The lowest BCUT2D eigenvalue weighted by molar-refractivity contribution is -0.167. The normalized spacial score (nSPS) is 12.9. The summed E-state index contributed by atoms with van der Waals surface area (Å²) in [6.45, 7) is 6.48. The van der Waals surface area contributed by atoms with Gasteiger partial charge in [0, 0.05) is 19.3 Å². The molecule has 0 spiro atoms. The summed E-state index contributed by atoms with van der Waals surface area (Å²) >= 11 is 0. The van der Waals surface area contributed by atoms with Crippen LogP contribution in [0.1, 0.15) is 329 Å². The standard InChI is InChI=1S/C77H130O6/c1-4-7-10-13-16-19-22-25-28-31-34-36-37-38-39-41-43-46-49-52-55-58-61-64-67-70-76(79)82-73-74(72-81-75(78)69-66-63-60-57-54-51-48-45-42-33-30-27-24-21-18-15-12-9-6-3)83-77(80)71-68-65-62-59-56-53-50-47-44-40-35-32-29-26-23-20-17-14-11-8-5-2/h8,11,17-18,20-21,26-27,29-31,34-35,40,42,45,47,50,56,59,74H,4-7,9-10,12-16,19,22-25,28,32-33,36-39,41,43-44,46,48-49,51-55,57-58,60-73H2,1-3H3/b11-8-,20-17-,21-18-,29-26-,30-27-,34-31-,40-35-,45-42-,50-47-,59-56-. The van der Waals surface area contributed by atoms with E-state index in [1.165, 1.54) is 167 Å². The molecule has 0 radical (unpaired) electrons. The quantitative estimate of drug-likeness (QED) is 0.0261. The third-order valence-corrected chi connectivity index (χ3v) is 14.9. The Morgan fingerprint density at radius 3 is 0.795 bits per heavy atom. The average molecular weight is 1150 g/mol. The van der Waals surface area contributed by atoms with E-state index in [-0.39, 0.29) is 37.5 Å². The van der Waals surface area contributed by atoms with Crippen LogP contribution in [0.25, 0.3) is 0 Å². The fraction of sp³-hybridized carbons (Fsp3) is 0.701. The van der Waals surface area contributed by atoms with Crippen LogP contribution in [0.3, 0.4) is 0 Å². The van der Waals surface area contributed by atoms with Gasteiger partial charge in [0.15, 0.2) is 6.10 Å². The second kappa shape index (κ2) is 70.3. The Morgan fingerprint density at radius 2 is 0.470 bits per heavy atom. The van der Waals surface area contributed by atoms with E-state index in [0.717, 1.165) is 116 Å². The molecule has 0 saturated carbocycles. The van der Waals surface area contributed by atoms with Crippen molar-refractivity contribution in [3.63, 3.8) is 0 Å². The van der Waals surface area contributed by atoms with Gasteiger partial charge in [-0.05, 0) is 135 Å². The van der Waals surface area contributed by atoms with Crippen molar-refractivity contribution < 1.29 is 28.6 Å². The molecule has 0 N–H and O–H groups in total. The van der Waals surface area contributed by atoms with Crippen molar-refractivity contribution in [1.29, 1.82) is 0 Å². The van der Waals surface area contributed by atoms with E-state index >= 15 is 0 Å². The van der Waals surface area contributed by atoms with Gasteiger partial charge in [0.1, 0.15) is 13.2 Å². The van der Waals surface area contributed by atoms with E-state index in [4.69, 9.17) is 14.2 Å². The fourth-order valence-corrected chi connectivity index (χ4v) is 9.68. The van der Waals surface area contributed by atoms with Crippen LogP contribution in [0.5, 0.6) is 0 Å². The maximum absolute atomic E-state index is 12.9. The minimum atomic E-state index is -0.812. The third-order valence-electron chi connectivity index (χ3n) is 14.9. The van der Waals surface area contributed by atoms with Gasteiger partial charge in [-0.15, -0.1) is 0 Å². The van der Waals surface area contributed by atoms with Gasteiger partial charge in [-0.2, -0.15) is 0 Å². The van der Waals surface area contributed by atoms with Crippen molar-refractivity contribution in [2.75, 3.05) is 13.2 Å². The van der Waals surface area contributed by atoms with Crippen LogP contribution in [0, 0.1) is 0 Å². The Balaban J connectivity index is 4.45. The molecule has 83 heavy (non-hydrogen) atoms. The molecule has 474 valence electrons. The number of unbranched alkanes of at least 4 members (excludes halogenated alkanes) is 32. The summed E-state index contributed by atoms with van der Waals surface area (Å²) in [5, 5.41) is 0. The van der Waals surface area contributed by atoms with Crippen molar-refractivity contribution in [2.45, 2.75) is 335 Å². The zero-order valence-corrected chi connectivity index (χ0v) is 54.4. The second-order valence-electron chi connectivity index (χ2n) is 23.1. The number of carbonyl (C=O) groups excluding carboxylic acids is 3. The molecule has 0 aromatic rings. The van der Waals surface area contributed by atoms with Gasteiger partial charge in [-0.3, -0.25) is 14.4 Å². The number of rotatable bonds is 63. The molecule has 0 aromatic heterocycles. The SMILES string of the molecule is CC/C=C\C/C=C\C/C=C\C/C=C\C/C=C\C/C=C\CCCCC(=O)OC(COC(=O)CCCCCCCC/C=C\C/C=C\C/C=C\CCCCC)COC(=O)CCCCCCCCCCCCCCC/C=C\CCCCCCCCCC. The Morgan fingerprint density at radius 1 is 0.253 bits per heavy atom. The lowest BCUT2D eigenvalue weighted by atomic mass is 10.0. The molecular formula is C77H130O6. The Bertz CT molecular complexity index is 1700. The third kappa shape index (κ3) is 68.5. The zero-order valence-electron chi connectivity index (χ0n) is 54.4. The Kier molecular flexibility index (Phi) is 66.7. The fourth-order valence-electron chi connectivity index (χ4n) is 9.68. The second-order valence-corrected chi connectivity index (χ2v) is 23.1. The van der Waals surface area contributed by atoms with Crippen LogP contribution in [-0.2, 0) is 28.6 Å².